The van der Waals surface area contributed by atoms with E-state index in [1.807, 2.05) is 12.2 Å². The van der Waals surface area contributed by atoms with E-state index >= 15 is 0 Å². The van der Waals surface area contributed by atoms with Crippen molar-refractivity contribution < 1.29 is 19.1 Å². The Kier molecular flexibility index (Phi) is 13.2. The minimum Gasteiger partial charge on any atom is -0.461 e. The van der Waals surface area contributed by atoms with E-state index in [1.165, 1.54) is 54.4 Å². The van der Waals surface area contributed by atoms with E-state index in [9.17, 15) is 9.59 Å². The van der Waals surface area contributed by atoms with Crippen LogP contribution < -0.4 is 0 Å². The third-order valence-corrected chi connectivity index (χ3v) is 19.3. The summed E-state index contributed by atoms with van der Waals surface area (Å²) in [5.74, 6) is 1.05. The molecule has 0 saturated heterocycles. The zero-order valence-corrected chi connectivity index (χ0v) is 48.8. The molecule has 88 heavy (non-hydrogen) atoms. The molecule has 3 aliphatic carbocycles. The molecule has 2 fully saturated rings. The van der Waals surface area contributed by atoms with E-state index in [1.54, 1.807) is 0 Å². The zero-order chi connectivity index (χ0) is 59.0. The number of hydrogen-bond donors (Lipinski definition) is 0. The second-order valence-corrected chi connectivity index (χ2v) is 24.3. The van der Waals surface area contributed by atoms with Crippen LogP contribution in [0.15, 0.2) is 268 Å². The Balaban J connectivity index is 0.000000142. The predicted octanol–water partition coefficient (Wildman–Crippen LogP) is 19.1. The number of rotatable bonds is 12. The highest BCUT2D eigenvalue weighted by Crippen LogP contribution is 2.45. The standard InChI is InChI=1S/C41H34N2O2.C39H30N2O2/c1-3-27-22-29(4-2)35(23-27)41(44)45-26-28-20-21-40-36(24-28)34-16-7-10-19-39(34)43(40)31-13-11-12-30(25-31)42-37-17-8-5-14-32(37)33-15-6-9-18-38(33)42;42-39(33-21-25-16-18-27(33)20-25)43-24-26-17-19-38-34(22-26)32-12-3-6-15-37(32)41(38)29-9-7-8-28(23-29)40-35-13-4-1-10-30(35)31-11-2-5-14-36(31)40/h3-21,24-25,27,29,35H,1-2,22-23,26H2;1-19,22-23,25,27,33H,20-21,24H2. The summed E-state index contributed by atoms with van der Waals surface area (Å²) >= 11 is 0. The summed E-state index contributed by atoms with van der Waals surface area (Å²) in [6, 6.07) is 82.0. The van der Waals surface area contributed by atoms with Gasteiger partial charge < -0.3 is 27.7 Å². The van der Waals surface area contributed by atoms with Crippen LogP contribution >= 0.6 is 0 Å². The van der Waals surface area contributed by atoms with Gasteiger partial charge in [-0.25, -0.2) is 0 Å². The molecule has 0 aliphatic heterocycles. The third-order valence-electron chi connectivity index (χ3n) is 19.3. The number of para-hydroxylation sites is 6. The van der Waals surface area contributed by atoms with Crippen LogP contribution in [0.2, 0.25) is 0 Å². The van der Waals surface area contributed by atoms with Gasteiger partial charge in [0.2, 0.25) is 0 Å². The Morgan fingerprint density at radius 3 is 1.08 bits per heavy atom. The van der Waals surface area contributed by atoms with Crippen molar-refractivity contribution in [2.24, 2.45) is 35.5 Å². The van der Waals surface area contributed by atoms with Gasteiger partial charge in [0, 0.05) is 65.8 Å². The first kappa shape index (κ1) is 53.1. The van der Waals surface area contributed by atoms with Crippen LogP contribution in [-0.4, -0.2) is 30.2 Å². The molecule has 0 amide bonds. The van der Waals surface area contributed by atoms with Gasteiger partial charge in [-0.2, -0.15) is 0 Å². The number of benzene rings is 10. The van der Waals surface area contributed by atoms with E-state index < -0.39 is 0 Å². The lowest BCUT2D eigenvalue weighted by atomic mass is 9.94. The molecule has 17 rings (SSSR count). The molecule has 4 aromatic heterocycles. The van der Waals surface area contributed by atoms with Crippen molar-refractivity contribution in [3.8, 4) is 22.7 Å². The lowest BCUT2D eigenvalue weighted by molar-refractivity contribution is -0.151. The molecule has 4 heterocycles. The van der Waals surface area contributed by atoms with Gasteiger partial charge in [-0.3, -0.25) is 9.59 Å². The van der Waals surface area contributed by atoms with Crippen LogP contribution in [0, 0.1) is 35.5 Å². The molecular formula is C80H64N4O4. The van der Waals surface area contributed by atoms with Gasteiger partial charge in [0.25, 0.3) is 0 Å². The van der Waals surface area contributed by atoms with E-state index in [2.05, 4.69) is 274 Å². The molecular weight excluding hydrogens is 1080 g/mol. The second kappa shape index (κ2) is 21.8. The van der Waals surface area contributed by atoms with Gasteiger partial charge in [0.15, 0.2) is 0 Å². The summed E-state index contributed by atoms with van der Waals surface area (Å²) in [6.07, 6.45) is 12.0. The summed E-state index contributed by atoms with van der Waals surface area (Å²) in [5.41, 5.74) is 15.7. The van der Waals surface area contributed by atoms with Crippen LogP contribution in [0.3, 0.4) is 0 Å². The van der Waals surface area contributed by atoms with Crippen LogP contribution in [-0.2, 0) is 32.3 Å². The molecule has 2 bridgehead atoms. The van der Waals surface area contributed by atoms with Crippen molar-refractivity contribution in [3.63, 3.8) is 0 Å². The van der Waals surface area contributed by atoms with Gasteiger partial charge in [0.05, 0.1) is 56.0 Å². The molecule has 428 valence electrons. The maximum absolute atomic E-state index is 13.1. The molecule has 6 unspecified atom stereocenters. The van der Waals surface area contributed by atoms with Gasteiger partial charge in [-0.1, -0.05) is 158 Å². The first-order chi connectivity index (χ1) is 43.4. The van der Waals surface area contributed by atoms with Crippen LogP contribution in [0.25, 0.3) is 110 Å². The Morgan fingerprint density at radius 2 is 0.727 bits per heavy atom. The number of aromatic nitrogens is 4. The highest BCUT2D eigenvalue weighted by atomic mass is 16.5. The van der Waals surface area contributed by atoms with Crippen LogP contribution in [0.4, 0.5) is 0 Å². The fourth-order valence-electron chi connectivity index (χ4n) is 15.1. The number of fused-ring (bicyclic) bond motifs is 14. The van der Waals surface area contributed by atoms with Crippen LogP contribution in [0.5, 0.6) is 0 Å². The Hall–Kier alpha value is -10.4. The quantitative estimate of drug-likeness (QED) is 0.0903. The number of nitrogens with zero attached hydrogens (tertiary/aromatic N) is 4. The van der Waals surface area contributed by atoms with Crippen molar-refractivity contribution in [1.29, 1.82) is 0 Å². The number of carbonyl (C=O) groups excluding carboxylic acids is 2. The van der Waals surface area contributed by atoms with E-state index in [4.69, 9.17) is 9.47 Å². The Bertz CT molecular complexity index is 5060. The van der Waals surface area contributed by atoms with Gasteiger partial charge >= 0.3 is 11.9 Å². The summed E-state index contributed by atoms with van der Waals surface area (Å²) < 4.78 is 21.1. The molecule has 6 atom stereocenters. The van der Waals surface area contributed by atoms with Crippen molar-refractivity contribution in [1.82, 2.24) is 18.3 Å². The fourth-order valence-corrected chi connectivity index (χ4v) is 15.1. The third kappa shape index (κ3) is 8.96. The summed E-state index contributed by atoms with van der Waals surface area (Å²) in [4.78, 5) is 26.0. The summed E-state index contributed by atoms with van der Waals surface area (Å²) in [7, 11) is 0. The number of esters is 2. The molecule has 8 nitrogen and oxygen atoms in total. The molecule has 0 N–H and O–H groups in total. The normalized spacial score (nSPS) is 18.7. The van der Waals surface area contributed by atoms with Crippen molar-refractivity contribution >= 4 is 99.2 Å². The Labute approximate surface area is 510 Å². The molecule has 10 aromatic carbocycles. The number of allylic oxidation sites excluding steroid dienone is 4. The average Bonchev–Trinajstić information content (AvgIpc) is 1.77. The minimum absolute atomic E-state index is 0.0162. The minimum atomic E-state index is -0.155. The van der Waals surface area contributed by atoms with E-state index in [0.717, 1.165) is 92.4 Å². The monoisotopic (exact) mass is 1140 g/mol. The molecule has 3 aliphatic rings. The maximum atomic E-state index is 13.1. The average molecular weight is 1150 g/mol. The van der Waals surface area contributed by atoms with Gasteiger partial charge in [-0.15, -0.1) is 13.2 Å². The first-order valence-electron chi connectivity index (χ1n) is 30.9. The highest BCUT2D eigenvalue weighted by Gasteiger charge is 2.41. The first-order valence-corrected chi connectivity index (χ1v) is 30.9. The summed E-state index contributed by atoms with van der Waals surface area (Å²) in [5, 5.41) is 9.66. The predicted molar refractivity (Wildman–Crippen MR) is 359 cm³/mol. The van der Waals surface area contributed by atoms with Crippen molar-refractivity contribution in [2.75, 3.05) is 0 Å². The number of hydrogen-bond acceptors (Lipinski definition) is 4. The zero-order valence-electron chi connectivity index (χ0n) is 48.8. The topological polar surface area (TPSA) is 72.3 Å². The SMILES string of the molecule is C=CC1CC(C=C)C(C(=O)OCc2ccc3c(c2)c2ccccc2n3-c2cccc(-n3c4ccccc4c4ccccc43)c2)C1.O=C(OCc1ccc2c(c1)c1ccccc1n2-c1cccc(-n2c3ccccc3c3ccccc32)c1)C1CC2C=CC1C2. The van der Waals surface area contributed by atoms with Crippen molar-refractivity contribution in [2.45, 2.75) is 38.9 Å². The lowest BCUT2D eigenvalue weighted by Gasteiger charge is -2.16. The van der Waals surface area contributed by atoms with E-state index in [0.29, 0.717) is 24.4 Å². The fraction of sp³-hybridized carbons (Fsp3) is 0.150. The van der Waals surface area contributed by atoms with E-state index in [-0.39, 0.29) is 36.3 Å². The largest absolute Gasteiger partial charge is 0.461 e. The smallest absolute Gasteiger partial charge is 0.309 e. The number of ether oxygens (including phenoxy) is 2. The second-order valence-electron chi connectivity index (χ2n) is 24.3. The molecule has 8 heteroatoms. The lowest BCUT2D eigenvalue weighted by Crippen LogP contribution is -2.21. The Morgan fingerprint density at radius 1 is 0.364 bits per heavy atom. The van der Waals surface area contributed by atoms with Crippen molar-refractivity contribution in [3.05, 3.63) is 279 Å². The van der Waals surface area contributed by atoms with Crippen LogP contribution in [0.1, 0.15) is 36.8 Å². The van der Waals surface area contributed by atoms with Gasteiger partial charge in [-0.05, 0) is 158 Å². The molecule has 0 spiro atoms. The van der Waals surface area contributed by atoms with Gasteiger partial charge in [0.1, 0.15) is 13.2 Å². The molecule has 14 aromatic rings. The highest BCUT2D eigenvalue weighted by molar-refractivity contribution is 6.12. The molecule has 2 saturated carbocycles. The summed E-state index contributed by atoms with van der Waals surface area (Å²) in [6.45, 7) is 8.43. The molecule has 0 radical (unpaired) electrons. The maximum Gasteiger partial charge on any atom is 0.309 e. The number of carbonyl (C=O) groups is 2.